The number of anilines is 2. The Hall–Kier alpha value is -3.48. The quantitative estimate of drug-likeness (QED) is 0.564. The molecule has 0 N–H and O–H groups in total. The Labute approximate surface area is 188 Å². The molecule has 0 bridgehead atoms. The van der Waals surface area contributed by atoms with E-state index in [0.717, 1.165) is 35.6 Å². The molecule has 6 heteroatoms. The molecule has 0 spiro atoms. The van der Waals surface area contributed by atoms with Gasteiger partial charge in [-0.3, -0.25) is 19.6 Å². The maximum absolute atomic E-state index is 13.6. The number of para-hydroxylation sites is 2. The summed E-state index contributed by atoms with van der Waals surface area (Å²) in [6.45, 7) is 4.16. The van der Waals surface area contributed by atoms with Crippen molar-refractivity contribution < 1.29 is 9.53 Å². The Morgan fingerprint density at radius 3 is 2.25 bits per heavy atom. The Morgan fingerprint density at radius 2 is 1.50 bits per heavy atom. The van der Waals surface area contributed by atoms with Crippen LogP contribution in [-0.2, 0) is 16.1 Å². The summed E-state index contributed by atoms with van der Waals surface area (Å²) in [5.41, 5.74) is 4.34. The zero-order valence-corrected chi connectivity index (χ0v) is 17.9. The van der Waals surface area contributed by atoms with Crippen LogP contribution in [0.15, 0.2) is 90.0 Å². The van der Waals surface area contributed by atoms with Crippen LogP contribution in [-0.4, -0.2) is 49.5 Å². The van der Waals surface area contributed by atoms with Crippen LogP contribution in [0.5, 0.6) is 0 Å². The first-order valence-electron chi connectivity index (χ1n) is 11.0. The molecule has 1 fully saturated rings. The zero-order chi connectivity index (χ0) is 21.8. The van der Waals surface area contributed by atoms with Crippen molar-refractivity contribution in [3.63, 3.8) is 0 Å². The number of rotatable bonds is 6. The first-order chi connectivity index (χ1) is 15.8. The summed E-state index contributed by atoms with van der Waals surface area (Å²) in [4.78, 5) is 17.7. The number of carbonyl (C=O) groups excluding carboxylic acids is 1. The van der Waals surface area contributed by atoms with Gasteiger partial charge in [0, 0.05) is 18.7 Å². The largest absolute Gasteiger partial charge is 0.379 e. The lowest BCUT2D eigenvalue weighted by Gasteiger charge is -2.30. The van der Waals surface area contributed by atoms with E-state index in [4.69, 9.17) is 9.84 Å². The smallest absolute Gasteiger partial charge is 0.280 e. The number of fused-ring (bicyclic) bond motifs is 1. The van der Waals surface area contributed by atoms with Crippen molar-refractivity contribution in [1.82, 2.24) is 4.90 Å². The van der Waals surface area contributed by atoms with Gasteiger partial charge in [-0.2, -0.15) is 5.10 Å². The fourth-order valence-corrected chi connectivity index (χ4v) is 4.10. The van der Waals surface area contributed by atoms with Gasteiger partial charge in [0.05, 0.1) is 37.8 Å². The van der Waals surface area contributed by atoms with Crippen LogP contribution in [0.2, 0.25) is 0 Å². The summed E-state index contributed by atoms with van der Waals surface area (Å²) in [5, 5.41) is 6.84. The summed E-state index contributed by atoms with van der Waals surface area (Å²) < 4.78 is 5.46. The van der Waals surface area contributed by atoms with E-state index in [0.29, 0.717) is 32.1 Å². The van der Waals surface area contributed by atoms with Crippen molar-refractivity contribution in [3.8, 4) is 0 Å². The van der Waals surface area contributed by atoms with Gasteiger partial charge in [0.2, 0.25) is 0 Å². The maximum Gasteiger partial charge on any atom is 0.280 e. The van der Waals surface area contributed by atoms with E-state index in [2.05, 4.69) is 17.0 Å². The highest BCUT2D eigenvalue weighted by Crippen LogP contribution is 2.30. The number of hydrogen-bond donors (Lipinski definition) is 0. The number of hydrogen-bond acceptors (Lipinski definition) is 5. The van der Waals surface area contributed by atoms with Crippen LogP contribution in [0.4, 0.5) is 11.4 Å². The molecule has 1 amide bonds. The van der Waals surface area contributed by atoms with Crippen molar-refractivity contribution >= 4 is 23.0 Å². The maximum atomic E-state index is 13.6. The predicted molar refractivity (Wildman–Crippen MR) is 127 cm³/mol. The van der Waals surface area contributed by atoms with Crippen LogP contribution < -0.4 is 9.91 Å². The lowest BCUT2D eigenvalue weighted by Crippen LogP contribution is -2.46. The SMILES string of the molecule is O=C1/C(=N\N(Cc2ccccc2)c2ccccc2)c2ccccc2N1CN1CCOCC1. The molecule has 0 atom stereocenters. The number of hydrazone groups is 1. The molecule has 0 aromatic heterocycles. The monoisotopic (exact) mass is 426 g/mol. The van der Waals surface area contributed by atoms with Gasteiger partial charge in [-0.1, -0.05) is 66.7 Å². The number of morpholine rings is 1. The predicted octanol–water partition coefficient (Wildman–Crippen LogP) is 3.73. The molecule has 162 valence electrons. The lowest BCUT2D eigenvalue weighted by atomic mass is 10.1. The van der Waals surface area contributed by atoms with Crippen molar-refractivity contribution in [2.75, 3.05) is 42.9 Å². The summed E-state index contributed by atoms with van der Waals surface area (Å²) in [6, 6.07) is 28.1. The first kappa shape index (κ1) is 20.4. The third-order valence-corrected chi connectivity index (χ3v) is 5.79. The van der Waals surface area contributed by atoms with E-state index in [1.165, 1.54) is 0 Å². The normalized spacial score (nSPS) is 17.6. The molecule has 0 unspecified atom stereocenters. The summed E-state index contributed by atoms with van der Waals surface area (Å²) >= 11 is 0. The second-order valence-electron chi connectivity index (χ2n) is 7.95. The molecule has 2 aliphatic rings. The highest BCUT2D eigenvalue weighted by Gasteiger charge is 2.35. The van der Waals surface area contributed by atoms with Crippen molar-refractivity contribution in [2.45, 2.75) is 6.54 Å². The van der Waals surface area contributed by atoms with Crippen LogP contribution in [0.1, 0.15) is 11.1 Å². The molecule has 3 aromatic carbocycles. The summed E-state index contributed by atoms with van der Waals surface area (Å²) in [5.74, 6) is -0.0633. The van der Waals surface area contributed by atoms with Gasteiger partial charge in [-0.25, -0.2) is 0 Å². The number of amides is 1. The van der Waals surface area contributed by atoms with Gasteiger partial charge >= 0.3 is 0 Å². The zero-order valence-electron chi connectivity index (χ0n) is 17.9. The van der Waals surface area contributed by atoms with Crippen LogP contribution >= 0.6 is 0 Å². The van der Waals surface area contributed by atoms with Gasteiger partial charge < -0.3 is 4.74 Å². The highest BCUT2D eigenvalue weighted by molar-refractivity contribution is 6.54. The molecule has 3 aromatic rings. The Balaban J connectivity index is 1.50. The van der Waals surface area contributed by atoms with Crippen molar-refractivity contribution in [2.24, 2.45) is 5.10 Å². The van der Waals surface area contributed by atoms with E-state index >= 15 is 0 Å². The van der Waals surface area contributed by atoms with Gasteiger partial charge in [-0.05, 0) is 23.8 Å². The average Bonchev–Trinajstić information content (AvgIpc) is 3.11. The van der Waals surface area contributed by atoms with Crippen molar-refractivity contribution in [3.05, 3.63) is 96.1 Å². The van der Waals surface area contributed by atoms with Gasteiger partial charge in [0.15, 0.2) is 5.71 Å². The van der Waals surface area contributed by atoms with E-state index in [1.807, 2.05) is 82.7 Å². The fraction of sp³-hybridized carbons (Fsp3) is 0.231. The first-order valence-corrected chi connectivity index (χ1v) is 11.0. The Bertz CT molecular complexity index is 1100. The third kappa shape index (κ3) is 4.28. The van der Waals surface area contributed by atoms with E-state index in [1.54, 1.807) is 0 Å². The third-order valence-electron chi connectivity index (χ3n) is 5.79. The lowest BCUT2D eigenvalue weighted by molar-refractivity contribution is -0.112. The second kappa shape index (κ2) is 9.34. The minimum atomic E-state index is -0.0633. The summed E-state index contributed by atoms with van der Waals surface area (Å²) in [7, 11) is 0. The molecule has 0 saturated carbocycles. The number of carbonyl (C=O) groups is 1. The van der Waals surface area contributed by atoms with Crippen LogP contribution in [0, 0.1) is 0 Å². The Kier molecular flexibility index (Phi) is 5.96. The summed E-state index contributed by atoms with van der Waals surface area (Å²) in [6.07, 6.45) is 0. The van der Waals surface area contributed by atoms with Crippen molar-refractivity contribution in [1.29, 1.82) is 0 Å². The second-order valence-corrected chi connectivity index (χ2v) is 7.95. The molecule has 2 aliphatic heterocycles. The standard InChI is InChI=1S/C26H26N4O2/c31-26-25(23-13-7-8-14-24(23)29(26)20-28-15-17-32-18-16-28)27-30(22-11-5-2-6-12-22)19-21-9-3-1-4-10-21/h1-14H,15-20H2/b27-25-. The average molecular weight is 427 g/mol. The molecule has 6 nitrogen and oxygen atoms in total. The molecule has 5 rings (SSSR count). The topological polar surface area (TPSA) is 48.4 Å². The van der Waals surface area contributed by atoms with E-state index < -0.39 is 0 Å². The van der Waals surface area contributed by atoms with Gasteiger partial charge in [0.25, 0.3) is 5.91 Å². The molecule has 1 saturated heterocycles. The number of nitrogens with zero attached hydrogens (tertiary/aromatic N) is 4. The van der Waals surface area contributed by atoms with Crippen LogP contribution in [0.3, 0.4) is 0 Å². The molecule has 0 radical (unpaired) electrons. The fourth-order valence-electron chi connectivity index (χ4n) is 4.10. The van der Waals surface area contributed by atoms with Crippen LogP contribution in [0.25, 0.3) is 0 Å². The number of benzene rings is 3. The molecule has 2 heterocycles. The molecule has 32 heavy (non-hydrogen) atoms. The molecular formula is C26H26N4O2. The van der Waals surface area contributed by atoms with E-state index in [-0.39, 0.29) is 5.91 Å². The number of ether oxygens (including phenoxy) is 1. The minimum Gasteiger partial charge on any atom is -0.379 e. The molecular weight excluding hydrogens is 400 g/mol. The Morgan fingerprint density at radius 1 is 0.844 bits per heavy atom. The highest BCUT2D eigenvalue weighted by atomic mass is 16.5. The van der Waals surface area contributed by atoms with E-state index in [9.17, 15) is 4.79 Å². The minimum absolute atomic E-state index is 0.0633. The van der Waals surface area contributed by atoms with Gasteiger partial charge in [-0.15, -0.1) is 0 Å². The molecule has 0 aliphatic carbocycles. The van der Waals surface area contributed by atoms with Gasteiger partial charge in [0.1, 0.15) is 0 Å².